The van der Waals surface area contributed by atoms with Gasteiger partial charge in [-0.15, -0.1) is 0 Å². The molecule has 0 heterocycles. The highest BCUT2D eigenvalue weighted by Gasteiger charge is 2.24. The molecule has 9 heteroatoms. The SMILES string of the molecule is CCOC(=O)Nc1ccc([N+](=O)[O-])c([N+](=O)[O-])c1. The average molecular weight is 255 g/mol. The molecule has 1 rings (SSSR count). The van der Waals surface area contributed by atoms with E-state index < -0.39 is 27.3 Å². The van der Waals surface area contributed by atoms with Crippen molar-refractivity contribution in [2.45, 2.75) is 6.92 Å². The molecule has 0 aliphatic carbocycles. The van der Waals surface area contributed by atoms with Gasteiger partial charge in [0, 0.05) is 12.1 Å². The van der Waals surface area contributed by atoms with Crippen LogP contribution in [0.1, 0.15) is 6.92 Å². The maximum atomic E-state index is 11.1. The van der Waals surface area contributed by atoms with E-state index >= 15 is 0 Å². The number of nitrogens with one attached hydrogen (secondary N) is 1. The molecular formula is C9H9N3O6. The van der Waals surface area contributed by atoms with E-state index in [0.717, 1.165) is 12.1 Å². The molecule has 1 N–H and O–H groups in total. The minimum Gasteiger partial charge on any atom is -0.450 e. The van der Waals surface area contributed by atoms with Crippen LogP contribution in [0.2, 0.25) is 0 Å². The Balaban J connectivity index is 3.04. The molecule has 1 aromatic rings. The van der Waals surface area contributed by atoms with Gasteiger partial charge in [-0.05, 0) is 13.0 Å². The maximum absolute atomic E-state index is 11.1. The number of hydrogen-bond donors (Lipinski definition) is 1. The van der Waals surface area contributed by atoms with Gasteiger partial charge < -0.3 is 4.74 Å². The van der Waals surface area contributed by atoms with Crippen LogP contribution in [0.5, 0.6) is 0 Å². The highest BCUT2D eigenvalue weighted by molar-refractivity contribution is 5.85. The molecule has 18 heavy (non-hydrogen) atoms. The monoisotopic (exact) mass is 255 g/mol. The Morgan fingerprint density at radius 1 is 1.28 bits per heavy atom. The highest BCUT2D eigenvalue weighted by Crippen LogP contribution is 2.29. The summed E-state index contributed by atoms with van der Waals surface area (Å²) in [5, 5.41) is 23.4. The Labute approximate surface area is 101 Å². The lowest BCUT2D eigenvalue weighted by atomic mass is 10.2. The summed E-state index contributed by atoms with van der Waals surface area (Å²) in [5.41, 5.74) is -1.30. The second-order valence-corrected chi connectivity index (χ2v) is 3.06. The lowest BCUT2D eigenvalue weighted by Crippen LogP contribution is -2.13. The Hall–Kier alpha value is -2.71. The molecule has 9 nitrogen and oxygen atoms in total. The minimum atomic E-state index is -0.894. The third kappa shape index (κ3) is 3.14. The van der Waals surface area contributed by atoms with E-state index in [1.807, 2.05) is 0 Å². The number of nitro benzene ring substituents is 2. The van der Waals surface area contributed by atoms with Crippen molar-refractivity contribution in [1.82, 2.24) is 0 Å². The van der Waals surface area contributed by atoms with Crippen molar-refractivity contribution in [2.75, 3.05) is 11.9 Å². The molecular weight excluding hydrogens is 246 g/mol. The molecule has 0 fully saturated rings. The van der Waals surface area contributed by atoms with E-state index in [1.54, 1.807) is 6.92 Å². The Morgan fingerprint density at radius 3 is 2.39 bits per heavy atom. The number of benzene rings is 1. The first-order valence-electron chi connectivity index (χ1n) is 4.82. The topological polar surface area (TPSA) is 125 Å². The van der Waals surface area contributed by atoms with Gasteiger partial charge in [0.25, 0.3) is 0 Å². The van der Waals surface area contributed by atoms with Gasteiger partial charge in [0.1, 0.15) is 0 Å². The molecule has 0 aliphatic heterocycles. The van der Waals surface area contributed by atoms with E-state index in [9.17, 15) is 25.0 Å². The number of amides is 1. The van der Waals surface area contributed by atoms with Crippen molar-refractivity contribution in [3.63, 3.8) is 0 Å². The average Bonchev–Trinajstić information content (AvgIpc) is 2.28. The number of hydrogen-bond acceptors (Lipinski definition) is 6. The molecule has 0 aromatic heterocycles. The minimum absolute atomic E-state index is 0.0470. The van der Waals surface area contributed by atoms with Crippen molar-refractivity contribution in [1.29, 1.82) is 0 Å². The second-order valence-electron chi connectivity index (χ2n) is 3.06. The second kappa shape index (κ2) is 5.57. The van der Waals surface area contributed by atoms with Gasteiger partial charge in [0.2, 0.25) is 0 Å². The van der Waals surface area contributed by atoms with Crippen LogP contribution >= 0.6 is 0 Å². The van der Waals surface area contributed by atoms with Crippen molar-refractivity contribution in [3.05, 3.63) is 38.4 Å². The number of anilines is 1. The molecule has 0 saturated carbocycles. The van der Waals surface area contributed by atoms with Crippen molar-refractivity contribution in [3.8, 4) is 0 Å². The fraction of sp³-hybridized carbons (Fsp3) is 0.222. The van der Waals surface area contributed by atoms with Crippen LogP contribution in [0.4, 0.5) is 21.9 Å². The predicted molar refractivity (Wildman–Crippen MR) is 60.4 cm³/mol. The maximum Gasteiger partial charge on any atom is 0.411 e. The first-order valence-corrected chi connectivity index (χ1v) is 4.82. The van der Waals surface area contributed by atoms with E-state index in [2.05, 4.69) is 10.1 Å². The molecule has 0 radical (unpaired) electrons. The summed E-state index contributed by atoms with van der Waals surface area (Å²) in [5.74, 6) is 0. The van der Waals surface area contributed by atoms with Crippen LogP contribution in [0.25, 0.3) is 0 Å². The van der Waals surface area contributed by atoms with Gasteiger partial charge in [-0.25, -0.2) is 4.79 Å². The Morgan fingerprint density at radius 2 is 1.89 bits per heavy atom. The van der Waals surface area contributed by atoms with Gasteiger partial charge in [-0.2, -0.15) is 0 Å². The molecule has 96 valence electrons. The van der Waals surface area contributed by atoms with Crippen LogP contribution in [0.15, 0.2) is 18.2 Å². The standard InChI is InChI=1S/C9H9N3O6/c1-2-18-9(13)10-6-3-4-7(11(14)15)8(5-6)12(16)17/h3-5H,2H2,1H3,(H,10,13). The van der Waals surface area contributed by atoms with Gasteiger partial charge >= 0.3 is 17.5 Å². The Kier molecular flexibility index (Phi) is 4.13. The first kappa shape index (κ1) is 13.4. The molecule has 1 amide bonds. The summed E-state index contributed by atoms with van der Waals surface area (Å²) >= 11 is 0. The van der Waals surface area contributed by atoms with Crippen molar-refractivity contribution >= 4 is 23.2 Å². The summed E-state index contributed by atoms with van der Waals surface area (Å²) in [6.45, 7) is 1.73. The quantitative estimate of drug-likeness (QED) is 0.648. The first-order chi connectivity index (χ1) is 8.45. The van der Waals surface area contributed by atoms with Crippen molar-refractivity contribution in [2.24, 2.45) is 0 Å². The largest absolute Gasteiger partial charge is 0.450 e. The van der Waals surface area contributed by atoms with Crippen LogP contribution in [-0.4, -0.2) is 22.5 Å². The third-order valence-electron chi connectivity index (χ3n) is 1.89. The molecule has 0 bridgehead atoms. The Bertz CT molecular complexity index is 501. The molecule has 0 atom stereocenters. The number of ether oxygens (including phenoxy) is 1. The summed E-state index contributed by atoms with van der Waals surface area (Å²) in [6, 6.07) is 3.02. The molecule has 0 unspecified atom stereocenters. The molecule has 0 aliphatic rings. The van der Waals surface area contributed by atoms with Crippen molar-refractivity contribution < 1.29 is 19.4 Å². The number of nitrogens with zero attached hydrogens (tertiary/aromatic N) is 2. The number of nitro groups is 2. The van der Waals surface area contributed by atoms with Gasteiger partial charge in [-0.3, -0.25) is 25.5 Å². The summed E-state index contributed by atoms with van der Waals surface area (Å²) in [7, 11) is 0. The van der Waals surface area contributed by atoms with Gasteiger partial charge in [-0.1, -0.05) is 0 Å². The third-order valence-corrected chi connectivity index (χ3v) is 1.89. The van der Waals surface area contributed by atoms with E-state index in [4.69, 9.17) is 0 Å². The number of carbonyl (C=O) groups is 1. The normalized spacial score (nSPS) is 9.61. The molecule has 1 aromatic carbocycles. The lowest BCUT2D eigenvalue weighted by molar-refractivity contribution is -0.422. The number of rotatable bonds is 4. The van der Waals surface area contributed by atoms with E-state index in [1.165, 1.54) is 6.07 Å². The van der Waals surface area contributed by atoms with Crippen LogP contribution < -0.4 is 5.32 Å². The van der Waals surface area contributed by atoms with E-state index in [0.29, 0.717) is 0 Å². The van der Waals surface area contributed by atoms with Gasteiger partial charge in [0.05, 0.1) is 22.1 Å². The van der Waals surface area contributed by atoms with E-state index in [-0.39, 0.29) is 12.3 Å². The fourth-order valence-electron chi connectivity index (χ4n) is 1.19. The highest BCUT2D eigenvalue weighted by atomic mass is 16.6. The molecule has 0 saturated heterocycles. The zero-order chi connectivity index (χ0) is 13.7. The van der Waals surface area contributed by atoms with Crippen LogP contribution in [0.3, 0.4) is 0 Å². The van der Waals surface area contributed by atoms with Crippen LogP contribution in [0, 0.1) is 20.2 Å². The predicted octanol–water partition coefficient (Wildman–Crippen LogP) is 2.07. The summed E-state index contributed by atoms with van der Waals surface area (Å²) in [4.78, 5) is 30.5. The zero-order valence-corrected chi connectivity index (χ0v) is 9.28. The molecule has 0 spiro atoms. The van der Waals surface area contributed by atoms with Gasteiger partial charge in [0.15, 0.2) is 0 Å². The number of carbonyl (C=O) groups excluding carboxylic acids is 1. The summed E-state index contributed by atoms with van der Waals surface area (Å²) < 4.78 is 4.57. The fourth-order valence-corrected chi connectivity index (χ4v) is 1.19. The summed E-state index contributed by atoms with van der Waals surface area (Å²) in [6.07, 6.45) is -0.791. The lowest BCUT2D eigenvalue weighted by Gasteiger charge is -2.04. The zero-order valence-electron chi connectivity index (χ0n) is 9.28. The smallest absolute Gasteiger partial charge is 0.411 e. The van der Waals surface area contributed by atoms with Crippen LogP contribution in [-0.2, 0) is 4.74 Å².